The molecular weight excluding hydrogens is 360 g/mol. The van der Waals surface area contributed by atoms with E-state index in [-0.39, 0.29) is 29.7 Å². The van der Waals surface area contributed by atoms with Crippen LogP contribution in [0, 0.1) is 0 Å². The molecule has 0 saturated carbocycles. The van der Waals surface area contributed by atoms with Crippen molar-refractivity contribution in [1.29, 1.82) is 0 Å². The Morgan fingerprint density at radius 2 is 2.11 bits per heavy atom. The van der Waals surface area contributed by atoms with E-state index in [9.17, 15) is 14.4 Å². The van der Waals surface area contributed by atoms with Gasteiger partial charge in [-0.3, -0.25) is 19.7 Å². The molecule has 3 aliphatic heterocycles. The van der Waals surface area contributed by atoms with E-state index in [1.807, 2.05) is 25.1 Å². The van der Waals surface area contributed by atoms with Crippen LogP contribution in [0.2, 0.25) is 0 Å². The van der Waals surface area contributed by atoms with Gasteiger partial charge in [-0.2, -0.15) is 0 Å². The summed E-state index contributed by atoms with van der Waals surface area (Å²) in [5.74, 6) is -0.788. The molecular formula is C20H26N4O4. The molecule has 8 heteroatoms. The van der Waals surface area contributed by atoms with E-state index < -0.39 is 6.04 Å². The van der Waals surface area contributed by atoms with Gasteiger partial charge in [-0.25, -0.2) is 0 Å². The number of carbonyl (C=O) groups is 3. The van der Waals surface area contributed by atoms with Gasteiger partial charge in [0.1, 0.15) is 11.6 Å². The number of ether oxygens (including phenoxy) is 1. The lowest BCUT2D eigenvalue weighted by Gasteiger charge is -2.42. The highest BCUT2D eigenvalue weighted by atomic mass is 16.5. The van der Waals surface area contributed by atoms with E-state index >= 15 is 0 Å². The van der Waals surface area contributed by atoms with Crippen molar-refractivity contribution in [2.24, 2.45) is 0 Å². The van der Waals surface area contributed by atoms with E-state index in [2.05, 4.69) is 16.0 Å². The van der Waals surface area contributed by atoms with Crippen molar-refractivity contribution in [2.75, 3.05) is 26.2 Å². The normalized spacial score (nSPS) is 23.4. The summed E-state index contributed by atoms with van der Waals surface area (Å²) in [6, 6.07) is 5.24. The Labute approximate surface area is 164 Å². The second-order valence-corrected chi connectivity index (χ2v) is 7.67. The molecule has 0 aliphatic carbocycles. The smallest absolute Gasteiger partial charge is 0.255 e. The molecule has 1 aromatic rings. The van der Waals surface area contributed by atoms with E-state index in [4.69, 9.17) is 4.74 Å². The molecule has 0 bridgehead atoms. The molecule has 2 fully saturated rings. The molecule has 0 spiro atoms. The van der Waals surface area contributed by atoms with Crippen LogP contribution in [0.5, 0.6) is 0 Å². The Hall–Kier alpha value is -2.29. The number of benzene rings is 1. The van der Waals surface area contributed by atoms with Crippen molar-refractivity contribution >= 4 is 17.7 Å². The van der Waals surface area contributed by atoms with Crippen LogP contribution >= 0.6 is 0 Å². The fourth-order valence-corrected chi connectivity index (χ4v) is 4.25. The predicted octanol–water partition coefficient (Wildman–Crippen LogP) is -0.0843. The molecule has 0 aromatic heterocycles. The zero-order valence-corrected chi connectivity index (χ0v) is 16.0. The molecule has 3 aliphatic rings. The minimum absolute atomic E-state index is 0.133. The van der Waals surface area contributed by atoms with Gasteiger partial charge >= 0.3 is 0 Å². The number of fused-ring (bicyclic) bond motifs is 1. The molecule has 1 aromatic carbocycles. The number of hydrogen-bond donors (Lipinski definition) is 3. The van der Waals surface area contributed by atoms with Crippen LogP contribution in [0.15, 0.2) is 18.2 Å². The monoisotopic (exact) mass is 386 g/mol. The maximum absolute atomic E-state index is 13.1. The van der Waals surface area contributed by atoms with Gasteiger partial charge in [-0.1, -0.05) is 18.2 Å². The average molecular weight is 386 g/mol. The van der Waals surface area contributed by atoms with E-state index in [1.165, 1.54) is 0 Å². The van der Waals surface area contributed by atoms with Crippen LogP contribution in [0.1, 0.15) is 41.3 Å². The van der Waals surface area contributed by atoms with Crippen molar-refractivity contribution < 1.29 is 19.1 Å². The molecule has 3 N–H and O–H groups in total. The predicted molar refractivity (Wildman–Crippen MR) is 101 cm³/mol. The van der Waals surface area contributed by atoms with Crippen molar-refractivity contribution in [3.8, 4) is 0 Å². The Balaban J connectivity index is 1.45. The minimum Gasteiger partial charge on any atom is -0.371 e. The lowest BCUT2D eigenvalue weighted by molar-refractivity contribution is -0.136. The minimum atomic E-state index is -0.583. The number of nitrogens with one attached hydrogen (secondary N) is 3. The molecule has 3 heterocycles. The largest absolute Gasteiger partial charge is 0.371 e. The summed E-state index contributed by atoms with van der Waals surface area (Å²) in [6.45, 7) is 5.98. The lowest BCUT2D eigenvalue weighted by Crippen LogP contribution is -2.65. The summed E-state index contributed by atoms with van der Waals surface area (Å²) in [7, 11) is 0. The van der Waals surface area contributed by atoms with Crippen molar-refractivity contribution in [3.05, 3.63) is 34.9 Å². The third kappa shape index (κ3) is 3.43. The molecule has 8 nitrogen and oxygen atoms in total. The summed E-state index contributed by atoms with van der Waals surface area (Å²) in [5.41, 5.74) is 2.36. The Morgan fingerprint density at radius 3 is 2.79 bits per heavy atom. The lowest BCUT2D eigenvalue weighted by atomic mass is 9.96. The zero-order chi connectivity index (χ0) is 19.7. The molecule has 2 saturated heterocycles. The van der Waals surface area contributed by atoms with Crippen LogP contribution in [0.3, 0.4) is 0 Å². The fraction of sp³-hybridized carbons (Fsp3) is 0.550. The number of piperidine rings is 1. The number of amides is 3. The van der Waals surface area contributed by atoms with E-state index in [0.29, 0.717) is 38.2 Å². The first-order valence-electron chi connectivity index (χ1n) is 9.84. The summed E-state index contributed by atoms with van der Waals surface area (Å²) in [5, 5.41) is 9.01. The van der Waals surface area contributed by atoms with Crippen molar-refractivity contribution in [3.63, 3.8) is 0 Å². The zero-order valence-electron chi connectivity index (χ0n) is 16.0. The summed E-state index contributed by atoms with van der Waals surface area (Å²) in [6.07, 6.45) is 0.639. The van der Waals surface area contributed by atoms with Crippen LogP contribution < -0.4 is 16.0 Å². The summed E-state index contributed by atoms with van der Waals surface area (Å²) >= 11 is 0. The van der Waals surface area contributed by atoms with Crippen molar-refractivity contribution in [1.82, 2.24) is 20.9 Å². The summed E-state index contributed by atoms with van der Waals surface area (Å²) in [4.78, 5) is 38.3. The second-order valence-electron chi connectivity index (χ2n) is 7.67. The molecule has 1 atom stereocenters. The molecule has 28 heavy (non-hydrogen) atoms. The highest BCUT2D eigenvalue weighted by molar-refractivity contribution is 6.05. The molecule has 3 amide bonds. The molecule has 4 rings (SSSR count). The number of nitrogens with zero attached hydrogens (tertiary/aromatic N) is 1. The van der Waals surface area contributed by atoms with E-state index in [0.717, 1.165) is 24.2 Å². The quantitative estimate of drug-likeness (QED) is 0.567. The third-order valence-corrected chi connectivity index (χ3v) is 5.75. The summed E-state index contributed by atoms with van der Waals surface area (Å²) < 4.78 is 5.86. The van der Waals surface area contributed by atoms with Gasteiger partial charge < -0.3 is 20.3 Å². The number of carbonyl (C=O) groups excluding carboxylic acids is 3. The van der Waals surface area contributed by atoms with Gasteiger partial charge in [0.15, 0.2) is 0 Å². The average Bonchev–Trinajstić information content (AvgIpc) is 2.97. The maximum atomic E-state index is 13.1. The van der Waals surface area contributed by atoms with Gasteiger partial charge in [0.25, 0.3) is 5.91 Å². The first kappa shape index (κ1) is 19.0. The van der Waals surface area contributed by atoms with Gasteiger partial charge in [0.2, 0.25) is 11.8 Å². The molecule has 0 radical (unpaired) electrons. The van der Waals surface area contributed by atoms with Gasteiger partial charge in [-0.05, 0) is 24.5 Å². The fourth-order valence-electron chi connectivity index (χ4n) is 4.25. The van der Waals surface area contributed by atoms with Crippen molar-refractivity contribution in [2.45, 2.75) is 44.5 Å². The first-order chi connectivity index (χ1) is 13.5. The Morgan fingerprint density at radius 1 is 1.29 bits per heavy atom. The second kappa shape index (κ2) is 7.62. The highest BCUT2D eigenvalue weighted by Crippen LogP contribution is 2.30. The van der Waals surface area contributed by atoms with Gasteiger partial charge in [0, 0.05) is 51.3 Å². The van der Waals surface area contributed by atoms with E-state index in [1.54, 1.807) is 4.90 Å². The molecule has 150 valence electrons. The van der Waals surface area contributed by atoms with Crippen LogP contribution in [0.4, 0.5) is 0 Å². The Bertz CT molecular complexity index is 805. The standard InChI is InChI=1S/C20H26N4O4/c1-2-28-20(11-22-12-20)10-21-8-13-4-3-5-14-9-24(19(27)17(13)14)15-6-7-16(25)23-18(15)26/h3-5,15,21-22H,2,6-12H2,1H3,(H,23,25,26). The van der Waals surface area contributed by atoms with Gasteiger partial charge in [0.05, 0.1) is 0 Å². The molecule has 1 unspecified atom stereocenters. The number of hydrogen-bond acceptors (Lipinski definition) is 6. The highest BCUT2D eigenvalue weighted by Gasteiger charge is 2.40. The third-order valence-electron chi connectivity index (χ3n) is 5.75. The van der Waals surface area contributed by atoms with Crippen LogP contribution in [-0.4, -0.2) is 60.5 Å². The maximum Gasteiger partial charge on any atom is 0.255 e. The number of imide groups is 1. The van der Waals surface area contributed by atoms with Gasteiger partial charge in [-0.15, -0.1) is 0 Å². The Kier molecular flexibility index (Phi) is 5.18. The van der Waals surface area contributed by atoms with Crippen LogP contribution in [0.25, 0.3) is 0 Å². The topological polar surface area (TPSA) is 99.8 Å². The van der Waals surface area contributed by atoms with Crippen LogP contribution in [-0.2, 0) is 27.4 Å². The first-order valence-corrected chi connectivity index (χ1v) is 9.84. The SMILES string of the molecule is CCOC1(CNCc2cccc3c2C(=O)N(C2CCC(=O)NC2=O)C3)CNC1. The number of rotatable bonds is 7.